The molecule has 0 saturated carbocycles. The minimum Gasteiger partial charge on any atom is -0.508 e. The highest BCUT2D eigenvalue weighted by atomic mass is 32.2. The third-order valence-corrected chi connectivity index (χ3v) is 4.58. The molecule has 0 spiro atoms. The summed E-state index contributed by atoms with van der Waals surface area (Å²) in [6.07, 6.45) is 6.79. The molecule has 0 aliphatic carbocycles. The maximum Gasteiger partial charge on any atom is 0.280 e. The molecule has 1 aliphatic rings. The van der Waals surface area contributed by atoms with Crippen molar-refractivity contribution in [2.75, 3.05) is 0 Å². The largest absolute Gasteiger partial charge is 0.508 e. The van der Waals surface area contributed by atoms with Crippen molar-refractivity contribution >= 4 is 40.3 Å². The monoisotopic (exact) mass is 358 g/mol. The number of amides is 1. The normalized spacial score (nSPS) is 16.7. The zero-order valence-corrected chi connectivity index (χ0v) is 14.1. The summed E-state index contributed by atoms with van der Waals surface area (Å²) in [5.74, 6) is 0.663. The van der Waals surface area contributed by atoms with Crippen molar-refractivity contribution in [3.05, 3.63) is 71.0 Å². The number of carbonyl (C=O) groups excluding carboxylic acids is 1. The van der Waals surface area contributed by atoms with Gasteiger partial charge in [-0.15, -0.1) is 0 Å². The van der Waals surface area contributed by atoms with Gasteiger partial charge < -0.3 is 9.52 Å². The van der Waals surface area contributed by atoms with Gasteiger partial charge in [-0.1, -0.05) is 48.3 Å². The number of nitrogens with one attached hydrogen (secondary N) is 1. The number of rotatable bonds is 5. The number of hydrazine groups is 1. The van der Waals surface area contributed by atoms with E-state index in [0.29, 0.717) is 27.1 Å². The van der Waals surface area contributed by atoms with E-state index in [2.05, 4.69) is 5.43 Å². The van der Waals surface area contributed by atoms with Crippen molar-refractivity contribution in [2.24, 2.45) is 0 Å². The van der Waals surface area contributed by atoms with Crippen molar-refractivity contribution in [1.29, 1.82) is 0 Å². The Morgan fingerprint density at radius 2 is 2.12 bits per heavy atom. The zero-order chi connectivity index (χ0) is 16.9. The summed E-state index contributed by atoms with van der Waals surface area (Å²) < 4.78 is 5.61. The molecule has 7 heteroatoms. The van der Waals surface area contributed by atoms with Gasteiger partial charge in [-0.3, -0.25) is 4.79 Å². The number of furan rings is 1. The lowest BCUT2D eigenvalue weighted by Gasteiger charge is -2.16. The van der Waals surface area contributed by atoms with Crippen LogP contribution in [0.1, 0.15) is 11.3 Å². The van der Waals surface area contributed by atoms with E-state index in [4.69, 9.17) is 16.6 Å². The summed E-state index contributed by atoms with van der Waals surface area (Å²) in [5.41, 5.74) is 3.64. The second-order valence-electron chi connectivity index (χ2n) is 4.88. The van der Waals surface area contributed by atoms with Gasteiger partial charge >= 0.3 is 0 Å². The van der Waals surface area contributed by atoms with E-state index in [1.165, 1.54) is 16.8 Å². The molecule has 24 heavy (non-hydrogen) atoms. The molecular weight excluding hydrogens is 344 g/mol. The molecule has 5 nitrogen and oxygen atoms in total. The number of benzene rings is 1. The van der Waals surface area contributed by atoms with E-state index in [1.54, 1.807) is 48.8 Å². The Hall–Kier alpha value is -2.35. The van der Waals surface area contributed by atoms with Crippen LogP contribution in [0, 0.1) is 0 Å². The summed E-state index contributed by atoms with van der Waals surface area (Å²) in [6.45, 7) is 0.300. The first kappa shape index (κ1) is 16.5. The van der Waals surface area contributed by atoms with Gasteiger partial charge in [0.05, 0.1) is 11.2 Å². The summed E-state index contributed by atoms with van der Waals surface area (Å²) in [5, 5.41) is 11.1. The van der Waals surface area contributed by atoms with E-state index in [0.717, 1.165) is 0 Å². The van der Waals surface area contributed by atoms with Crippen LogP contribution in [-0.4, -0.2) is 20.3 Å². The highest BCUT2D eigenvalue weighted by molar-refractivity contribution is 8.26. The second-order valence-corrected chi connectivity index (χ2v) is 6.55. The average molecular weight is 358 g/mol. The fraction of sp³-hybridized carbons (Fsp3) is 0.0588. The highest BCUT2D eigenvalue weighted by Gasteiger charge is 2.31. The van der Waals surface area contributed by atoms with E-state index in [-0.39, 0.29) is 11.7 Å². The maximum atomic E-state index is 12.4. The van der Waals surface area contributed by atoms with Gasteiger partial charge in [0.15, 0.2) is 4.32 Å². The molecule has 0 radical (unpaired) electrons. The van der Waals surface area contributed by atoms with E-state index in [1.807, 2.05) is 12.1 Å². The lowest BCUT2D eigenvalue weighted by atomic mass is 10.2. The van der Waals surface area contributed by atoms with E-state index >= 15 is 0 Å². The summed E-state index contributed by atoms with van der Waals surface area (Å²) >= 11 is 6.45. The Balaban J connectivity index is 1.64. The predicted molar refractivity (Wildman–Crippen MR) is 97.8 cm³/mol. The number of para-hydroxylation sites is 1. The van der Waals surface area contributed by atoms with E-state index < -0.39 is 0 Å². The molecular formula is C17H14N2O3S2. The second kappa shape index (κ2) is 7.48. The molecule has 2 aromatic rings. The summed E-state index contributed by atoms with van der Waals surface area (Å²) in [4.78, 5) is 12.9. The van der Waals surface area contributed by atoms with Crippen LogP contribution in [0.3, 0.4) is 0 Å². The topological polar surface area (TPSA) is 65.7 Å². The molecule has 0 bridgehead atoms. The Morgan fingerprint density at radius 3 is 2.88 bits per heavy atom. The number of phenolic OH excluding ortho intramolecular Hbond substituents is 1. The van der Waals surface area contributed by atoms with Gasteiger partial charge in [0.25, 0.3) is 5.91 Å². The number of aromatic hydroxyl groups is 1. The van der Waals surface area contributed by atoms with Crippen molar-refractivity contribution in [2.45, 2.75) is 6.54 Å². The molecule has 1 aromatic carbocycles. The highest BCUT2D eigenvalue weighted by Crippen LogP contribution is 2.30. The van der Waals surface area contributed by atoms with Gasteiger partial charge in [-0.05, 0) is 30.4 Å². The molecule has 3 rings (SSSR count). The number of thioether (sulfide) groups is 1. The molecule has 0 atom stereocenters. The van der Waals surface area contributed by atoms with Crippen molar-refractivity contribution in [3.8, 4) is 5.75 Å². The first-order valence-electron chi connectivity index (χ1n) is 7.13. The number of allylic oxidation sites excluding steroid dienone is 2. The van der Waals surface area contributed by atoms with Crippen LogP contribution < -0.4 is 5.43 Å². The van der Waals surface area contributed by atoms with Crippen LogP contribution in [-0.2, 0) is 11.3 Å². The molecule has 122 valence electrons. The van der Waals surface area contributed by atoms with Crippen LogP contribution in [0.15, 0.2) is 64.1 Å². The lowest BCUT2D eigenvalue weighted by molar-refractivity contribution is -0.124. The molecule has 2 heterocycles. The van der Waals surface area contributed by atoms with Crippen LogP contribution in [0.2, 0.25) is 0 Å². The standard InChI is InChI=1S/C17H14N2O3S2/c20-14-8-2-1-5-12(14)11-18-19-16(21)15(24-17(19)23)9-3-6-13-7-4-10-22-13/h1-10,18,20H,11H2. The molecule has 2 N–H and O–H groups in total. The number of nitrogens with zero attached hydrogens (tertiary/aromatic N) is 1. The van der Waals surface area contributed by atoms with Gasteiger partial charge in [-0.25, -0.2) is 10.4 Å². The molecule has 1 fully saturated rings. The van der Waals surface area contributed by atoms with Crippen molar-refractivity contribution in [3.63, 3.8) is 0 Å². The van der Waals surface area contributed by atoms with Crippen LogP contribution in [0.4, 0.5) is 0 Å². The van der Waals surface area contributed by atoms with Crippen LogP contribution in [0.25, 0.3) is 6.08 Å². The summed E-state index contributed by atoms with van der Waals surface area (Å²) in [6, 6.07) is 10.6. The van der Waals surface area contributed by atoms with Crippen molar-refractivity contribution < 1.29 is 14.3 Å². The lowest BCUT2D eigenvalue weighted by Crippen LogP contribution is -2.40. The Bertz CT molecular complexity index is 813. The molecule has 1 saturated heterocycles. The fourth-order valence-electron chi connectivity index (χ4n) is 2.06. The maximum absolute atomic E-state index is 12.4. The van der Waals surface area contributed by atoms with Crippen molar-refractivity contribution in [1.82, 2.24) is 10.4 Å². The van der Waals surface area contributed by atoms with E-state index in [9.17, 15) is 9.90 Å². The quantitative estimate of drug-likeness (QED) is 0.630. The molecule has 1 aliphatic heterocycles. The van der Waals surface area contributed by atoms with Gasteiger partial charge in [0.1, 0.15) is 11.5 Å². The van der Waals surface area contributed by atoms with Gasteiger partial charge in [-0.2, -0.15) is 0 Å². The third kappa shape index (κ3) is 3.76. The zero-order valence-electron chi connectivity index (χ0n) is 12.5. The number of thiocarbonyl (C=S) groups is 1. The first-order valence-corrected chi connectivity index (χ1v) is 8.36. The van der Waals surface area contributed by atoms with Gasteiger partial charge in [0.2, 0.25) is 0 Å². The third-order valence-electron chi connectivity index (χ3n) is 3.26. The molecule has 1 amide bonds. The predicted octanol–water partition coefficient (Wildman–Crippen LogP) is 3.45. The van der Waals surface area contributed by atoms with Crippen LogP contribution >= 0.6 is 24.0 Å². The average Bonchev–Trinajstić information content (AvgIpc) is 3.17. The van der Waals surface area contributed by atoms with Gasteiger partial charge in [0, 0.05) is 12.1 Å². The minimum absolute atomic E-state index is 0.173. The SMILES string of the molecule is O=C1C(=CC=Cc2ccco2)SC(=S)N1NCc1ccccc1O. The number of phenols is 1. The first-order chi connectivity index (χ1) is 11.6. The summed E-state index contributed by atoms with van der Waals surface area (Å²) in [7, 11) is 0. The number of hydrogen-bond donors (Lipinski definition) is 2. The smallest absolute Gasteiger partial charge is 0.280 e. The number of carbonyl (C=O) groups is 1. The minimum atomic E-state index is -0.218. The van der Waals surface area contributed by atoms with Crippen LogP contribution in [0.5, 0.6) is 5.75 Å². The fourth-order valence-corrected chi connectivity index (χ4v) is 3.23. The Labute approximate surface area is 148 Å². The Morgan fingerprint density at radius 1 is 1.29 bits per heavy atom. The molecule has 1 aromatic heterocycles. The number of hydrogen-bond acceptors (Lipinski definition) is 6. The Kier molecular flexibility index (Phi) is 5.14. The molecule has 0 unspecified atom stereocenters.